The first-order valence-electron chi connectivity index (χ1n) is 10.7. The predicted molar refractivity (Wildman–Crippen MR) is 123 cm³/mol. The van der Waals surface area contributed by atoms with E-state index in [-0.39, 0.29) is 5.91 Å². The molecule has 0 spiro atoms. The van der Waals surface area contributed by atoms with Crippen molar-refractivity contribution >= 4 is 28.2 Å². The van der Waals surface area contributed by atoms with Crippen molar-refractivity contribution in [2.75, 3.05) is 11.9 Å². The molecular formula is C24H32N2O3S. The van der Waals surface area contributed by atoms with Crippen LogP contribution >= 0.6 is 11.3 Å². The largest absolute Gasteiger partial charge is 0.494 e. The lowest BCUT2D eigenvalue weighted by Gasteiger charge is -2.18. The van der Waals surface area contributed by atoms with Crippen LogP contribution in [-0.4, -0.2) is 18.4 Å². The van der Waals surface area contributed by atoms with Gasteiger partial charge in [-0.3, -0.25) is 9.59 Å². The number of fused-ring (bicyclic) bond motifs is 1. The monoisotopic (exact) mass is 428 g/mol. The smallest absolute Gasteiger partial charge is 0.251 e. The number of rotatable bonds is 8. The van der Waals surface area contributed by atoms with Crippen molar-refractivity contribution in [3.8, 4) is 5.75 Å². The molecule has 3 rings (SSSR count). The minimum Gasteiger partial charge on any atom is -0.494 e. The molecule has 1 unspecified atom stereocenters. The van der Waals surface area contributed by atoms with Crippen molar-refractivity contribution in [1.29, 1.82) is 0 Å². The van der Waals surface area contributed by atoms with Crippen LogP contribution in [0.3, 0.4) is 0 Å². The van der Waals surface area contributed by atoms with Gasteiger partial charge in [-0.25, -0.2) is 0 Å². The van der Waals surface area contributed by atoms with Crippen molar-refractivity contribution in [2.45, 2.75) is 65.7 Å². The number of nitrogens with two attached hydrogens (primary N) is 1. The van der Waals surface area contributed by atoms with E-state index < -0.39 is 5.91 Å². The molecule has 2 aromatic rings. The summed E-state index contributed by atoms with van der Waals surface area (Å²) in [7, 11) is 0. The second kappa shape index (κ2) is 9.65. The summed E-state index contributed by atoms with van der Waals surface area (Å²) in [6, 6.07) is 6.14. The van der Waals surface area contributed by atoms with Gasteiger partial charge >= 0.3 is 0 Å². The van der Waals surface area contributed by atoms with Crippen LogP contribution in [0.5, 0.6) is 5.75 Å². The predicted octanol–water partition coefficient (Wildman–Crippen LogP) is 5.20. The number of aryl methyl sites for hydroxylation is 1. The first-order chi connectivity index (χ1) is 14.3. The third-order valence-corrected chi connectivity index (χ3v) is 6.86. The van der Waals surface area contributed by atoms with E-state index in [2.05, 4.69) is 39.1 Å². The van der Waals surface area contributed by atoms with Gasteiger partial charge in [0.2, 0.25) is 5.91 Å². The summed E-state index contributed by atoms with van der Waals surface area (Å²) < 4.78 is 5.81. The Bertz CT molecular complexity index is 933. The Kier molecular flexibility index (Phi) is 7.19. The molecule has 3 N–H and O–H groups in total. The van der Waals surface area contributed by atoms with Crippen LogP contribution in [0.2, 0.25) is 0 Å². The van der Waals surface area contributed by atoms with Gasteiger partial charge in [0.15, 0.2) is 0 Å². The second-order valence-corrected chi connectivity index (χ2v) is 9.70. The van der Waals surface area contributed by atoms with E-state index in [1.54, 1.807) is 0 Å². The van der Waals surface area contributed by atoms with Gasteiger partial charge < -0.3 is 15.8 Å². The Morgan fingerprint density at radius 1 is 1.33 bits per heavy atom. The van der Waals surface area contributed by atoms with Gasteiger partial charge in [0.25, 0.3) is 5.91 Å². The lowest BCUT2D eigenvalue weighted by atomic mass is 9.88. The topological polar surface area (TPSA) is 81.4 Å². The van der Waals surface area contributed by atoms with Crippen LogP contribution in [0, 0.1) is 12.8 Å². The SMILES string of the molecule is Cc1cc(OCCCC(=O)Nc2sc3c(c2C(N)=O)CCC(C)C3)ccc1C(C)C. The van der Waals surface area contributed by atoms with E-state index in [0.29, 0.717) is 41.8 Å². The van der Waals surface area contributed by atoms with Crippen molar-refractivity contribution in [2.24, 2.45) is 11.7 Å². The minimum absolute atomic E-state index is 0.112. The number of amides is 2. The number of thiophene rings is 1. The molecule has 2 amide bonds. The van der Waals surface area contributed by atoms with Gasteiger partial charge in [0, 0.05) is 11.3 Å². The summed E-state index contributed by atoms with van der Waals surface area (Å²) in [6.45, 7) is 9.12. The Morgan fingerprint density at radius 3 is 2.77 bits per heavy atom. The maximum Gasteiger partial charge on any atom is 0.251 e. The number of hydrogen-bond acceptors (Lipinski definition) is 4. The van der Waals surface area contributed by atoms with E-state index in [1.807, 2.05) is 12.1 Å². The average Bonchev–Trinajstić information content (AvgIpc) is 3.01. The van der Waals surface area contributed by atoms with Crippen LogP contribution in [0.4, 0.5) is 5.00 Å². The number of benzene rings is 1. The first kappa shape index (κ1) is 22.3. The average molecular weight is 429 g/mol. The summed E-state index contributed by atoms with van der Waals surface area (Å²) >= 11 is 1.50. The van der Waals surface area contributed by atoms with Gasteiger partial charge in [0.1, 0.15) is 10.8 Å². The fourth-order valence-corrected chi connectivity index (χ4v) is 5.53. The van der Waals surface area contributed by atoms with Crippen LogP contribution in [0.1, 0.15) is 77.9 Å². The molecule has 1 aliphatic rings. The van der Waals surface area contributed by atoms with E-state index in [0.717, 1.165) is 30.6 Å². The molecule has 5 nitrogen and oxygen atoms in total. The highest BCUT2D eigenvalue weighted by Crippen LogP contribution is 2.39. The molecule has 1 atom stereocenters. The van der Waals surface area contributed by atoms with Gasteiger partial charge in [-0.1, -0.05) is 26.8 Å². The van der Waals surface area contributed by atoms with Crippen molar-refractivity contribution < 1.29 is 14.3 Å². The van der Waals surface area contributed by atoms with Crippen LogP contribution < -0.4 is 15.8 Å². The summed E-state index contributed by atoms with van der Waals surface area (Å²) in [5.41, 5.74) is 9.69. The number of carbonyl (C=O) groups is 2. The third kappa shape index (κ3) is 5.22. The molecule has 0 radical (unpaired) electrons. The molecule has 1 heterocycles. The molecule has 1 aromatic carbocycles. The molecular weight excluding hydrogens is 396 g/mol. The van der Waals surface area contributed by atoms with Crippen molar-refractivity contribution in [3.05, 3.63) is 45.3 Å². The fourth-order valence-electron chi connectivity index (χ4n) is 4.10. The number of anilines is 1. The molecule has 0 saturated carbocycles. The maximum atomic E-state index is 12.4. The Labute approximate surface area is 183 Å². The van der Waals surface area contributed by atoms with E-state index in [9.17, 15) is 9.59 Å². The standard InChI is InChI=1S/C24H32N2O3S/c1-14(2)18-10-8-17(13-16(18)4)29-11-5-6-21(27)26-24-22(23(25)28)19-9-7-15(3)12-20(19)30-24/h8,10,13-15H,5-7,9,11-12H2,1-4H3,(H2,25,28)(H,26,27). The number of ether oxygens (including phenoxy) is 1. The highest BCUT2D eigenvalue weighted by atomic mass is 32.1. The molecule has 6 heteroatoms. The van der Waals surface area contributed by atoms with Gasteiger partial charge in [-0.15, -0.1) is 11.3 Å². The van der Waals surface area contributed by atoms with Crippen molar-refractivity contribution in [3.63, 3.8) is 0 Å². The normalized spacial score (nSPS) is 15.7. The van der Waals surface area contributed by atoms with Gasteiger partial charge in [-0.2, -0.15) is 0 Å². The summed E-state index contributed by atoms with van der Waals surface area (Å²) in [5, 5.41) is 3.52. The van der Waals surface area contributed by atoms with E-state index >= 15 is 0 Å². The fraction of sp³-hybridized carbons (Fsp3) is 0.500. The summed E-state index contributed by atoms with van der Waals surface area (Å²) in [4.78, 5) is 25.6. The molecule has 0 fully saturated rings. The number of hydrogen-bond donors (Lipinski definition) is 2. The Hall–Kier alpha value is -2.34. The van der Waals surface area contributed by atoms with Crippen LogP contribution in [-0.2, 0) is 17.6 Å². The zero-order chi connectivity index (χ0) is 21.8. The Morgan fingerprint density at radius 2 is 2.10 bits per heavy atom. The third-order valence-electron chi connectivity index (χ3n) is 5.69. The quantitative estimate of drug-likeness (QED) is 0.567. The molecule has 0 aliphatic heterocycles. The molecule has 162 valence electrons. The van der Waals surface area contributed by atoms with Gasteiger partial charge in [-0.05, 0) is 73.3 Å². The first-order valence-corrected chi connectivity index (χ1v) is 11.6. The summed E-state index contributed by atoms with van der Waals surface area (Å²) in [5.74, 6) is 1.34. The zero-order valence-electron chi connectivity index (χ0n) is 18.3. The molecule has 1 aromatic heterocycles. The number of nitrogens with one attached hydrogen (secondary N) is 1. The zero-order valence-corrected chi connectivity index (χ0v) is 19.2. The Balaban J connectivity index is 1.53. The summed E-state index contributed by atoms with van der Waals surface area (Å²) in [6.07, 6.45) is 3.78. The van der Waals surface area contributed by atoms with E-state index in [1.165, 1.54) is 27.3 Å². The van der Waals surface area contributed by atoms with Gasteiger partial charge in [0.05, 0.1) is 12.2 Å². The highest BCUT2D eigenvalue weighted by Gasteiger charge is 2.27. The number of primary amides is 1. The van der Waals surface area contributed by atoms with E-state index in [4.69, 9.17) is 10.5 Å². The maximum absolute atomic E-state index is 12.4. The molecule has 0 bridgehead atoms. The molecule has 1 aliphatic carbocycles. The van der Waals surface area contributed by atoms with Crippen LogP contribution in [0.15, 0.2) is 18.2 Å². The van der Waals surface area contributed by atoms with Crippen molar-refractivity contribution in [1.82, 2.24) is 0 Å². The molecule has 30 heavy (non-hydrogen) atoms. The lowest BCUT2D eigenvalue weighted by molar-refractivity contribution is -0.116. The second-order valence-electron chi connectivity index (χ2n) is 8.59. The van der Waals surface area contributed by atoms with Crippen LogP contribution in [0.25, 0.3) is 0 Å². The molecule has 0 saturated heterocycles. The highest BCUT2D eigenvalue weighted by molar-refractivity contribution is 7.17. The minimum atomic E-state index is -0.457. The number of carbonyl (C=O) groups excluding carboxylic acids is 2. The lowest BCUT2D eigenvalue weighted by Crippen LogP contribution is -2.19.